The summed E-state index contributed by atoms with van der Waals surface area (Å²) in [7, 11) is 0. The lowest BCUT2D eigenvalue weighted by Crippen LogP contribution is -2.09. The molecule has 0 bridgehead atoms. The molecule has 1 heterocycles. The number of nitrogens with two attached hydrogens (primary N) is 1. The number of aromatic nitrogens is 2. The van der Waals surface area contributed by atoms with E-state index < -0.39 is 12.6 Å². The molecule has 2 aromatic rings. The standard InChI is InChI=1S/C13H14F3N3/c14-13(15,16)5-2-6-19-9-11(8-18-19)10-3-1-4-12(17)7-10/h1,3-4,7-9H,2,5-6,17H2. The molecule has 0 spiro atoms. The summed E-state index contributed by atoms with van der Waals surface area (Å²) in [6.07, 6.45) is -1.51. The van der Waals surface area contributed by atoms with Crippen LogP contribution in [-0.4, -0.2) is 16.0 Å². The van der Waals surface area contributed by atoms with Crippen molar-refractivity contribution in [3.05, 3.63) is 36.7 Å². The number of anilines is 1. The molecule has 102 valence electrons. The van der Waals surface area contributed by atoms with Crippen LogP contribution in [0.2, 0.25) is 0 Å². The van der Waals surface area contributed by atoms with Gasteiger partial charge < -0.3 is 5.73 Å². The Kier molecular flexibility index (Phi) is 3.78. The summed E-state index contributed by atoms with van der Waals surface area (Å²) in [5.74, 6) is 0. The third-order valence-electron chi connectivity index (χ3n) is 2.70. The Morgan fingerprint density at radius 2 is 2.00 bits per heavy atom. The number of hydrogen-bond donors (Lipinski definition) is 1. The van der Waals surface area contributed by atoms with Crippen LogP contribution in [0.15, 0.2) is 36.7 Å². The lowest BCUT2D eigenvalue weighted by molar-refractivity contribution is -0.136. The van der Waals surface area contributed by atoms with Gasteiger partial charge in [-0.2, -0.15) is 18.3 Å². The molecule has 2 rings (SSSR count). The fourth-order valence-electron chi connectivity index (χ4n) is 1.79. The van der Waals surface area contributed by atoms with Gasteiger partial charge in [0.25, 0.3) is 0 Å². The summed E-state index contributed by atoms with van der Waals surface area (Å²) < 4.78 is 37.6. The molecule has 2 N–H and O–H groups in total. The number of benzene rings is 1. The van der Waals surface area contributed by atoms with Crippen molar-refractivity contribution in [2.24, 2.45) is 0 Å². The number of nitrogens with zero attached hydrogens (tertiary/aromatic N) is 2. The van der Waals surface area contributed by atoms with Crippen molar-refractivity contribution in [3.8, 4) is 11.1 Å². The third kappa shape index (κ3) is 4.01. The van der Waals surface area contributed by atoms with E-state index in [0.717, 1.165) is 11.1 Å². The average molecular weight is 269 g/mol. The first-order valence-electron chi connectivity index (χ1n) is 5.89. The van der Waals surface area contributed by atoms with Crippen molar-refractivity contribution in [3.63, 3.8) is 0 Å². The van der Waals surface area contributed by atoms with Gasteiger partial charge >= 0.3 is 6.18 Å². The first-order valence-corrected chi connectivity index (χ1v) is 5.89. The van der Waals surface area contributed by atoms with Gasteiger partial charge in [-0.05, 0) is 24.1 Å². The number of nitrogen functional groups attached to an aromatic ring is 1. The van der Waals surface area contributed by atoms with Gasteiger partial charge in [-0.3, -0.25) is 4.68 Å². The Balaban J connectivity index is 1.99. The fourth-order valence-corrected chi connectivity index (χ4v) is 1.79. The Hall–Kier alpha value is -1.98. The highest BCUT2D eigenvalue weighted by atomic mass is 19.4. The number of rotatable bonds is 4. The van der Waals surface area contributed by atoms with Gasteiger partial charge in [0.05, 0.1) is 6.20 Å². The summed E-state index contributed by atoms with van der Waals surface area (Å²) in [5, 5.41) is 4.05. The third-order valence-corrected chi connectivity index (χ3v) is 2.70. The second kappa shape index (κ2) is 5.34. The minimum atomic E-state index is -4.11. The maximum atomic E-state index is 12.0. The monoisotopic (exact) mass is 269 g/mol. The van der Waals surface area contributed by atoms with Crippen molar-refractivity contribution in [2.75, 3.05) is 5.73 Å². The zero-order valence-electron chi connectivity index (χ0n) is 10.2. The molecule has 0 saturated carbocycles. The van der Waals surface area contributed by atoms with Crippen LogP contribution in [0.4, 0.5) is 18.9 Å². The molecule has 1 aromatic heterocycles. The van der Waals surface area contributed by atoms with Gasteiger partial charge in [-0.1, -0.05) is 12.1 Å². The molecular weight excluding hydrogens is 255 g/mol. The molecule has 19 heavy (non-hydrogen) atoms. The van der Waals surface area contributed by atoms with Crippen LogP contribution in [0.25, 0.3) is 11.1 Å². The number of hydrogen-bond acceptors (Lipinski definition) is 2. The maximum Gasteiger partial charge on any atom is 0.389 e. The zero-order chi connectivity index (χ0) is 13.9. The summed E-state index contributed by atoms with van der Waals surface area (Å²) >= 11 is 0. The highest BCUT2D eigenvalue weighted by molar-refractivity contribution is 5.65. The quantitative estimate of drug-likeness (QED) is 0.864. The second-order valence-electron chi connectivity index (χ2n) is 4.34. The molecule has 0 radical (unpaired) electrons. The summed E-state index contributed by atoms with van der Waals surface area (Å²) in [5.41, 5.74) is 8.07. The number of aryl methyl sites for hydroxylation is 1. The second-order valence-corrected chi connectivity index (χ2v) is 4.34. The van der Waals surface area contributed by atoms with Crippen LogP contribution in [0.1, 0.15) is 12.8 Å². The van der Waals surface area contributed by atoms with Crippen molar-refractivity contribution in [1.82, 2.24) is 9.78 Å². The normalized spacial score (nSPS) is 11.7. The van der Waals surface area contributed by atoms with E-state index in [1.807, 2.05) is 12.1 Å². The molecule has 0 aliphatic carbocycles. The van der Waals surface area contributed by atoms with E-state index in [0.29, 0.717) is 5.69 Å². The molecule has 0 atom stereocenters. The fraction of sp³-hybridized carbons (Fsp3) is 0.308. The topological polar surface area (TPSA) is 43.8 Å². The lowest BCUT2D eigenvalue weighted by atomic mass is 10.1. The molecule has 0 unspecified atom stereocenters. The van der Waals surface area contributed by atoms with E-state index in [1.165, 1.54) is 4.68 Å². The van der Waals surface area contributed by atoms with Gasteiger partial charge in [-0.25, -0.2) is 0 Å². The Morgan fingerprint density at radius 1 is 1.21 bits per heavy atom. The van der Waals surface area contributed by atoms with E-state index in [2.05, 4.69) is 5.10 Å². The van der Waals surface area contributed by atoms with E-state index in [9.17, 15) is 13.2 Å². The summed E-state index contributed by atoms with van der Waals surface area (Å²) in [6, 6.07) is 7.29. The number of halogens is 3. The number of alkyl halides is 3. The van der Waals surface area contributed by atoms with Gasteiger partial charge in [0.2, 0.25) is 0 Å². The Bertz CT molecular complexity index is 546. The maximum absolute atomic E-state index is 12.0. The smallest absolute Gasteiger partial charge is 0.389 e. The van der Waals surface area contributed by atoms with Crippen molar-refractivity contribution >= 4 is 5.69 Å². The zero-order valence-corrected chi connectivity index (χ0v) is 10.2. The van der Waals surface area contributed by atoms with Crippen molar-refractivity contribution in [2.45, 2.75) is 25.6 Å². The van der Waals surface area contributed by atoms with Gasteiger partial charge in [0.15, 0.2) is 0 Å². The Labute approximate surface area is 108 Å². The molecule has 0 saturated heterocycles. The molecule has 0 aliphatic rings. The van der Waals surface area contributed by atoms with Gasteiger partial charge in [0, 0.05) is 30.4 Å². The molecule has 3 nitrogen and oxygen atoms in total. The van der Waals surface area contributed by atoms with Crippen LogP contribution < -0.4 is 5.73 Å². The largest absolute Gasteiger partial charge is 0.399 e. The Morgan fingerprint density at radius 3 is 2.68 bits per heavy atom. The average Bonchev–Trinajstić information content (AvgIpc) is 2.76. The summed E-state index contributed by atoms with van der Waals surface area (Å²) in [4.78, 5) is 0. The molecule has 6 heteroatoms. The summed E-state index contributed by atoms with van der Waals surface area (Å²) in [6.45, 7) is 0.252. The van der Waals surface area contributed by atoms with E-state index in [1.54, 1.807) is 24.5 Å². The highest BCUT2D eigenvalue weighted by Gasteiger charge is 2.26. The van der Waals surface area contributed by atoms with E-state index in [-0.39, 0.29) is 13.0 Å². The molecule has 1 aromatic carbocycles. The molecular formula is C13H14F3N3. The predicted molar refractivity (Wildman–Crippen MR) is 67.4 cm³/mol. The van der Waals surface area contributed by atoms with E-state index in [4.69, 9.17) is 5.73 Å². The lowest BCUT2D eigenvalue weighted by Gasteiger charge is -2.05. The first-order chi connectivity index (χ1) is 8.94. The first kappa shape index (κ1) is 13.5. The van der Waals surface area contributed by atoms with Crippen LogP contribution in [0, 0.1) is 0 Å². The van der Waals surface area contributed by atoms with Crippen LogP contribution >= 0.6 is 0 Å². The van der Waals surface area contributed by atoms with Crippen LogP contribution in [-0.2, 0) is 6.54 Å². The van der Waals surface area contributed by atoms with E-state index >= 15 is 0 Å². The molecule has 0 amide bonds. The predicted octanol–water partition coefficient (Wildman–Crippen LogP) is 3.47. The van der Waals surface area contributed by atoms with Gasteiger partial charge in [-0.15, -0.1) is 0 Å². The SMILES string of the molecule is Nc1cccc(-c2cnn(CCCC(F)(F)F)c2)c1. The van der Waals surface area contributed by atoms with Crippen molar-refractivity contribution < 1.29 is 13.2 Å². The molecule has 0 aliphatic heterocycles. The van der Waals surface area contributed by atoms with Gasteiger partial charge in [0.1, 0.15) is 0 Å². The van der Waals surface area contributed by atoms with Crippen LogP contribution in [0.5, 0.6) is 0 Å². The highest BCUT2D eigenvalue weighted by Crippen LogP contribution is 2.23. The van der Waals surface area contributed by atoms with Crippen molar-refractivity contribution in [1.29, 1.82) is 0 Å². The van der Waals surface area contributed by atoms with Crippen LogP contribution in [0.3, 0.4) is 0 Å². The molecule has 0 fully saturated rings. The minimum absolute atomic E-state index is 0.0293. The minimum Gasteiger partial charge on any atom is -0.399 e.